The third kappa shape index (κ3) is 4.19. The van der Waals surface area contributed by atoms with Crippen LogP contribution in [0.1, 0.15) is 24.8 Å². The van der Waals surface area contributed by atoms with Gasteiger partial charge in [0.1, 0.15) is 12.6 Å². The molecule has 3 atom stereocenters. The summed E-state index contributed by atoms with van der Waals surface area (Å²) in [5.74, 6) is -1.62. The van der Waals surface area contributed by atoms with Crippen LogP contribution in [0.25, 0.3) is 0 Å². The molecule has 1 aromatic rings. The standard InChI is InChI=1S/C15H19NO5/c17-12-8-4-7-11(12)13(14(18)19)16-15(20)21-9-10-5-2-1-3-6-10/h1-3,5-6,11-13,17H,4,7-9H2,(H,16,20)(H,18,19)/t11?,12?,13-/m0/s1. The van der Waals surface area contributed by atoms with E-state index in [1.807, 2.05) is 30.3 Å². The molecule has 0 saturated heterocycles. The third-order valence-electron chi connectivity index (χ3n) is 3.71. The molecular weight excluding hydrogens is 274 g/mol. The lowest BCUT2D eigenvalue weighted by atomic mass is 9.96. The molecule has 1 fully saturated rings. The van der Waals surface area contributed by atoms with E-state index in [4.69, 9.17) is 4.74 Å². The van der Waals surface area contributed by atoms with Gasteiger partial charge < -0.3 is 20.3 Å². The second-order valence-electron chi connectivity index (χ2n) is 5.18. The van der Waals surface area contributed by atoms with Crippen molar-refractivity contribution < 1.29 is 24.5 Å². The van der Waals surface area contributed by atoms with Crippen molar-refractivity contribution in [1.29, 1.82) is 0 Å². The van der Waals surface area contributed by atoms with Crippen molar-refractivity contribution in [2.24, 2.45) is 5.92 Å². The topological polar surface area (TPSA) is 95.9 Å². The van der Waals surface area contributed by atoms with Crippen molar-refractivity contribution in [3.8, 4) is 0 Å². The van der Waals surface area contributed by atoms with Gasteiger partial charge in [-0.3, -0.25) is 0 Å². The summed E-state index contributed by atoms with van der Waals surface area (Å²) in [4.78, 5) is 23.0. The first-order valence-corrected chi connectivity index (χ1v) is 6.96. The van der Waals surface area contributed by atoms with E-state index in [1.54, 1.807) is 0 Å². The van der Waals surface area contributed by atoms with Crippen LogP contribution in [-0.4, -0.2) is 34.4 Å². The second-order valence-corrected chi connectivity index (χ2v) is 5.18. The maximum Gasteiger partial charge on any atom is 0.408 e. The molecule has 1 saturated carbocycles. The van der Waals surface area contributed by atoms with Gasteiger partial charge in [-0.15, -0.1) is 0 Å². The minimum atomic E-state index is -1.15. The average molecular weight is 293 g/mol. The minimum absolute atomic E-state index is 0.0756. The number of hydrogen-bond acceptors (Lipinski definition) is 4. The summed E-state index contributed by atoms with van der Waals surface area (Å²) >= 11 is 0. The number of benzene rings is 1. The van der Waals surface area contributed by atoms with Crippen LogP contribution < -0.4 is 5.32 Å². The molecule has 6 heteroatoms. The van der Waals surface area contributed by atoms with Gasteiger partial charge in [0.05, 0.1) is 6.10 Å². The summed E-state index contributed by atoms with van der Waals surface area (Å²) in [6.07, 6.45) is 0.425. The first-order valence-electron chi connectivity index (χ1n) is 6.96. The van der Waals surface area contributed by atoms with E-state index in [0.29, 0.717) is 12.8 Å². The maximum atomic E-state index is 11.7. The number of carbonyl (C=O) groups is 2. The number of amides is 1. The molecule has 6 nitrogen and oxygen atoms in total. The number of aliphatic hydroxyl groups is 1. The van der Waals surface area contributed by atoms with Gasteiger partial charge in [0.15, 0.2) is 0 Å². The molecule has 2 unspecified atom stereocenters. The number of rotatable bonds is 5. The number of aliphatic carboxylic acids is 1. The molecular formula is C15H19NO5. The Morgan fingerprint density at radius 2 is 2.00 bits per heavy atom. The molecule has 1 aromatic carbocycles. The van der Waals surface area contributed by atoms with E-state index in [-0.39, 0.29) is 6.61 Å². The minimum Gasteiger partial charge on any atom is -0.480 e. The quantitative estimate of drug-likeness (QED) is 0.765. The molecule has 2 rings (SSSR count). The predicted molar refractivity (Wildman–Crippen MR) is 74.5 cm³/mol. The molecule has 21 heavy (non-hydrogen) atoms. The monoisotopic (exact) mass is 293 g/mol. The Labute approximate surface area is 122 Å². The van der Waals surface area contributed by atoms with Crippen LogP contribution in [0.5, 0.6) is 0 Å². The van der Waals surface area contributed by atoms with Crippen molar-refractivity contribution in [2.75, 3.05) is 0 Å². The number of ether oxygens (including phenoxy) is 1. The van der Waals surface area contributed by atoms with Gasteiger partial charge >= 0.3 is 12.1 Å². The Hall–Kier alpha value is -2.08. The Bertz CT molecular complexity index is 490. The number of aliphatic hydroxyl groups excluding tert-OH is 1. The van der Waals surface area contributed by atoms with Crippen LogP contribution >= 0.6 is 0 Å². The van der Waals surface area contributed by atoms with Gasteiger partial charge in [0.2, 0.25) is 0 Å². The van der Waals surface area contributed by atoms with Crippen LogP contribution in [0.2, 0.25) is 0 Å². The van der Waals surface area contributed by atoms with Crippen molar-refractivity contribution in [2.45, 2.75) is 38.0 Å². The first-order chi connectivity index (χ1) is 10.1. The zero-order valence-corrected chi connectivity index (χ0v) is 11.6. The molecule has 3 N–H and O–H groups in total. The number of nitrogens with one attached hydrogen (secondary N) is 1. The number of carbonyl (C=O) groups excluding carboxylic acids is 1. The Morgan fingerprint density at radius 1 is 1.29 bits per heavy atom. The zero-order valence-electron chi connectivity index (χ0n) is 11.6. The predicted octanol–water partition coefficient (Wildman–Crippen LogP) is 1.53. The molecule has 0 aromatic heterocycles. The molecule has 0 heterocycles. The Kier molecular flexibility index (Phi) is 5.16. The highest BCUT2D eigenvalue weighted by Crippen LogP contribution is 2.28. The Balaban J connectivity index is 1.88. The smallest absolute Gasteiger partial charge is 0.408 e. The van der Waals surface area contributed by atoms with E-state index >= 15 is 0 Å². The van der Waals surface area contributed by atoms with Gasteiger partial charge in [-0.2, -0.15) is 0 Å². The largest absolute Gasteiger partial charge is 0.480 e. The third-order valence-corrected chi connectivity index (χ3v) is 3.71. The highest BCUT2D eigenvalue weighted by molar-refractivity contribution is 5.80. The summed E-state index contributed by atoms with van der Waals surface area (Å²) in [6.45, 7) is 0.0756. The molecule has 0 bridgehead atoms. The zero-order chi connectivity index (χ0) is 15.2. The fourth-order valence-electron chi connectivity index (χ4n) is 2.60. The highest BCUT2D eigenvalue weighted by Gasteiger charge is 2.38. The van der Waals surface area contributed by atoms with Gasteiger partial charge in [-0.05, 0) is 18.4 Å². The van der Waals surface area contributed by atoms with E-state index < -0.39 is 30.1 Å². The average Bonchev–Trinajstić information content (AvgIpc) is 2.89. The van der Waals surface area contributed by atoms with E-state index in [1.165, 1.54) is 0 Å². The normalized spacial score (nSPS) is 22.5. The van der Waals surface area contributed by atoms with Gasteiger partial charge in [0, 0.05) is 5.92 Å². The van der Waals surface area contributed by atoms with Gasteiger partial charge in [-0.25, -0.2) is 9.59 Å². The summed E-state index contributed by atoms with van der Waals surface area (Å²) in [5.41, 5.74) is 0.820. The van der Waals surface area contributed by atoms with Gasteiger partial charge in [0.25, 0.3) is 0 Å². The number of carboxylic acid groups (broad SMARTS) is 1. The number of alkyl carbamates (subject to hydrolysis) is 1. The van der Waals surface area contributed by atoms with E-state index in [9.17, 15) is 19.8 Å². The van der Waals surface area contributed by atoms with Crippen LogP contribution in [0.3, 0.4) is 0 Å². The van der Waals surface area contributed by atoms with Crippen molar-refractivity contribution in [3.05, 3.63) is 35.9 Å². The number of carboxylic acids is 1. The molecule has 0 spiro atoms. The first kappa shape index (κ1) is 15.3. The Morgan fingerprint density at radius 3 is 2.57 bits per heavy atom. The van der Waals surface area contributed by atoms with Crippen LogP contribution in [0.4, 0.5) is 4.79 Å². The summed E-state index contributed by atoms with van der Waals surface area (Å²) in [6, 6.07) is 8.00. The SMILES string of the molecule is O=C(N[C@H](C(=O)O)C1CCCC1O)OCc1ccccc1. The van der Waals surface area contributed by atoms with E-state index in [0.717, 1.165) is 12.0 Å². The van der Waals surface area contributed by atoms with Crippen LogP contribution in [0, 0.1) is 5.92 Å². The van der Waals surface area contributed by atoms with Crippen LogP contribution in [-0.2, 0) is 16.1 Å². The lowest BCUT2D eigenvalue weighted by Crippen LogP contribution is -2.48. The lowest BCUT2D eigenvalue weighted by molar-refractivity contribution is -0.141. The van der Waals surface area contributed by atoms with Crippen molar-refractivity contribution >= 4 is 12.1 Å². The number of hydrogen-bond donors (Lipinski definition) is 3. The lowest BCUT2D eigenvalue weighted by Gasteiger charge is -2.23. The fraction of sp³-hybridized carbons (Fsp3) is 0.467. The van der Waals surface area contributed by atoms with Crippen molar-refractivity contribution in [3.63, 3.8) is 0 Å². The summed E-state index contributed by atoms with van der Waals surface area (Å²) < 4.78 is 5.01. The summed E-state index contributed by atoms with van der Waals surface area (Å²) in [5, 5.41) is 21.3. The molecule has 1 aliphatic carbocycles. The van der Waals surface area contributed by atoms with E-state index in [2.05, 4.69) is 5.32 Å². The molecule has 1 aliphatic rings. The van der Waals surface area contributed by atoms with Crippen molar-refractivity contribution in [1.82, 2.24) is 5.32 Å². The molecule has 0 radical (unpaired) electrons. The maximum absolute atomic E-state index is 11.7. The molecule has 114 valence electrons. The second kappa shape index (κ2) is 7.08. The summed E-state index contributed by atoms with van der Waals surface area (Å²) in [7, 11) is 0. The fourth-order valence-corrected chi connectivity index (χ4v) is 2.60. The molecule has 0 aliphatic heterocycles. The van der Waals surface area contributed by atoms with Crippen LogP contribution in [0.15, 0.2) is 30.3 Å². The van der Waals surface area contributed by atoms with Gasteiger partial charge in [-0.1, -0.05) is 36.8 Å². The highest BCUT2D eigenvalue weighted by atomic mass is 16.5. The molecule has 1 amide bonds.